The molecular formula is C21H18N4. The summed E-state index contributed by atoms with van der Waals surface area (Å²) in [6.45, 7) is 0. The van der Waals surface area contributed by atoms with Crippen molar-refractivity contribution in [3.05, 3.63) is 90.9 Å². The highest BCUT2D eigenvalue weighted by Gasteiger charge is 2.14. The minimum absolute atomic E-state index is 0.0428. The fourth-order valence-corrected chi connectivity index (χ4v) is 2.83. The van der Waals surface area contributed by atoms with Crippen LogP contribution in [0.4, 0.5) is 5.69 Å². The smallest absolute Gasteiger partial charge is 0.0896 e. The lowest BCUT2D eigenvalue weighted by Crippen LogP contribution is -2.16. The number of hydrogen-bond donors (Lipinski definition) is 2. The third-order valence-corrected chi connectivity index (χ3v) is 4.12. The second-order valence-corrected chi connectivity index (χ2v) is 5.89. The molecule has 4 nitrogen and oxygen atoms in total. The molecule has 0 saturated heterocycles. The van der Waals surface area contributed by atoms with E-state index in [1.54, 1.807) is 6.20 Å². The Balaban J connectivity index is 1.84. The molecule has 1 aliphatic rings. The van der Waals surface area contributed by atoms with Crippen LogP contribution in [0.5, 0.6) is 0 Å². The predicted octanol–water partition coefficient (Wildman–Crippen LogP) is 4.11. The third kappa shape index (κ3) is 3.28. The normalized spacial score (nSPS) is 15.8. The summed E-state index contributed by atoms with van der Waals surface area (Å²) >= 11 is 0. The van der Waals surface area contributed by atoms with E-state index in [0.29, 0.717) is 0 Å². The first-order valence-electron chi connectivity index (χ1n) is 8.18. The van der Waals surface area contributed by atoms with Crippen molar-refractivity contribution in [2.24, 2.45) is 0 Å². The lowest BCUT2D eigenvalue weighted by atomic mass is 10.0. The zero-order chi connectivity index (χ0) is 17.1. The molecule has 4 rings (SSSR count). The largest absolute Gasteiger partial charge is 0.399 e. The molecule has 3 heterocycles. The van der Waals surface area contributed by atoms with Crippen molar-refractivity contribution in [2.45, 2.75) is 6.04 Å². The van der Waals surface area contributed by atoms with Crippen LogP contribution >= 0.6 is 0 Å². The van der Waals surface area contributed by atoms with Crippen molar-refractivity contribution in [3.8, 4) is 22.5 Å². The van der Waals surface area contributed by atoms with Gasteiger partial charge in [0.2, 0.25) is 0 Å². The molecule has 3 aromatic rings. The molecule has 1 aliphatic heterocycles. The predicted molar refractivity (Wildman–Crippen MR) is 101 cm³/mol. The second kappa shape index (κ2) is 6.61. The van der Waals surface area contributed by atoms with Crippen LogP contribution in [0.2, 0.25) is 0 Å². The summed E-state index contributed by atoms with van der Waals surface area (Å²) in [5.74, 6) is 0. The van der Waals surface area contributed by atoms with Crippen LogP contribution in [0.15, 0.2) is 85.2 Å². The zero-order valence-electron chi connectivity index (χ0n) is 13.6. The van der Waals surface area contributed by atoms with Crippen molar-refractivity contribution in [2.75, 3.05) is 5.73 Å². The van der Waals surface area contributed by atoms with Gasteiger partial charge in [-0.15, -0.1) is 0 Å². The highest BCUT2D eigenvalue weighted by molar-refractivity contribution is 5.71. The summed E-state index contributed by atoms with van der Waals surface area (Å²) in [5, 5.41) is 3.33. The van der Waals surface area contributed by atoms with Gasteiger partial charge >= 0.3 is 0 Å². The van der Waals surface area contributed by atoms with Gasteiger partial charge < -0.3 is 11.1 Å². The zero-order valence-corrected chi connectivity index (χ0v) is 13.6. The van der Waals surface area contributed by atoms with Crippen LogP contribution in [0, 0.1) is 0 Å². The van der Waals surface area contributed by atoms with E-state index in [-0.39, 0.29) is 6.04 Å². The lowest BCUT2D eigenvalue weighted by Gasteiger charge is -2.17. The molecule has 1 aromatic carbocycles. The van der Waals surface area contributed by atoms with Gasteiger partial charge in [0.1, 0.15) is 0 Å². The fourth-order valence-electron chi connectivity index (χ4n) is 2.83. The topological polar surface area (TPSA) is 63.8 Å². The minimum atomic E-state index is 0.0428. The van der Waals surface area contributed by atoms with E-state index in [1.807, 2.05) is 60.8 Å². The number of aromatic nitrogens is 2. The molecule has 0 aliphatic carbocycles. The lowest BCUT2D eigenvalue weighted by molar-refractivity contribution is 0.722. The Morgan fingerprint density at radius 2 is 1.76 bits per heavy atom. The fraction of sp³-hybridized carbons (Fsp3) is 0.0476. The minimum Gasteiger partial charge on any atom is -0.399 e. The average molecular weight is 326 g/mol. The summed E-state index contributed by atoms with van der Waals surface area (Å²) in [4.78, 5) is 9.28. The van der Waals surface area contributed by atoms with E-state index in [4.69, 9.17) is 10.7 Å². The van der Waals surface area contributed by atoms with Crippen molar-refractivity contribution in [1.29, 1.82) is 0 Å². The number of rotatable bonds is 3. The molecule has 2 aromatic heterocycles. The number of dihydropyridines is 1. The Kier molecular flexibility index (Phi) is 4.01. The van der Waals surface area contributed by atoms with Gasteiger partial charge in [0.05, 0.1) is 23.1 Å². The third-order valence-electron chi connectivity index (χ3n) is 4.12. The summed E-state index contributed by atoms with van der Waals surface area (Å²) in [6.07, 6.45) is 9.81. The number of nitrogens with zero attached hydrogens (tertiary/aromatic N) is 2. The number of nitrogens with one attached hydrogen (secondary N) is 1. The summed E-state index contributed by atoms with van der Waals surface area (Å²) in [5.41, 5.74) is 11.4. The summed E-state index contributed by atoms with van der Waals surface area (Å²) in [7, 11) is 0. The molecule has 0 saturated carbocycles. The van der Waals surface area contributed by atoms with Crippen LogP contribution in [0.3, 0.4) is 0 Å². The van der Waals surface area contributed by atoms with Gasteiger partial charge in [-0.2, -0.15) is 0 Å². The highest BCUT2D eigenvalue weighted by atomic mass is 14.9. The van der Waals surface area contributed by atoms with E-state index in [0.717, 1.165) is 33.9 Å². The van der Waals surface area contributed by atoms with Gasteiger partial charge in [-0.05, 0) is 59.8 Å². The molecule has 122 valence electrons. The van der Waals surface area contributed by atoms with Crippen molar-refractivity contribution < 1.29 is 0 Å². The number of benzene rings is 1. The van der Waals surface area contributed by atoms with Crippen LogP contribution in [-0.2, 0) is 0 Å². The first-order chi connectivity index (χ1) is 12.3. The molecule has 3 N–H and O–H groups in total. The van der Waals surface area contributed by atoms with Crippen LogP contribution < -0.4 is 11.1 Å². The van der Waals surface area contributed by atoms with Gasteiger partial charge in [0.25, 0.3) is 0 Å². The van der Waals surface area contributed by atoms with Gasteiger partial charge in [-0.3, -0.25) is 4.98 Å². The molecule has 0 fully saturated rings. The van der Waals surface area contributed by atoms with Gasteiger partial charge in [-0.25, -0.2) is 4.98 Å². The van der Waals surface area contributed by atoms with Crippen molar-refractivity contribution in [1.82, 2.24) is 15.3 Å². The summed E-state index contributed by atoms with van der Waals surface area (Å²) in [6, 6.07) is 18.0. The Labute approximate surface area is 146 Å². The van der Waals surface area contributed by atoms with Crippen LogP contribution in [-0.4, -0.2) is 9.97 Å². The van der Waals surface area contributed by atoms with Gasteiger partial charge in [-0.1, -0.05) is 30.4 Å². The monoisotopic (exact) mass is 326 g/mol. The Bertz CT molecular complexity index is 928. The Hall–Kier alpha value is -3.40. The maximum Gasteiger partial charge on any atom is 0.0896 e. The maximum atomic E-state index is 5.82. The molecular weight excluding hydrogens is 308 g/mol. The number of allylic oxidation sites excluding steroid dienone is 2. The molecule has 0 spiro atoms. The van der Waals surface area contributed by atoms with Crippen molar-refractivity contribution >= 4 is 5.69 Å². The van der Waals surface area contributed by atoms with Crippen molar-refractivity contribution in [3.63, 3.8) is 0 Å². The number of anilines is 1. The number of pyridine rings is 2. The van der Waals surface area contributed by atoms with E-state index < -0.39 is 0 Å². The Morgan fingerprint density at radius 3 is 2.48 bits per heavy atom. The Morgan fingerprint density at radius 1 is 0.880 bits per heavy atom. The number of hydrogen-bond acceptors (Lipinski definition) is 4. The van der Waals surface area contributed by atoms with E-state index in [2.05, 4.69) is 28.5 Å². The number of nitrogens with two attached hydrogens (primary N) is 1. The molecule has 0 radical (unpaired) electrons. The van der Waals surface area contributed by atoms with Crippen LogP contribution in [0.1, 0.15) is 11.7 Å². The van der Waals surface area contributed by atoms with Gasteiger partial charge in [0.15, 0.2) is 0 Å². The molecule has 1 unspecified atom stereocenters. The molecule has 25 heavy (non-hydrogen) atoms. The maximum absolute atomic E-state index is 5.82. The van der Waals surface area contributed by atoms with Crippen LogP contribution in [0.25, 0.3) is 22.5 Å². The number of nitrogen functional groups attached to an aromatic ring is 1. The molecule has 4 heteroatoms. The van der Waals surface area contributed by atoms with E-state index in [9.17, 15) is 0 Å². The standard InChI is InChI=1S/C21H18N4/c22-17-9-7-15(8-10-17)16-13-20(18-5-1-3-11-23-18)25-21(14-16)19-6-2-4-12-24-19/h1-14,18,23H,22H2. The molecule has 0 amide bonds. The SMILES string of the molecule is Nc1ccc(-c2cc(-c3ccccn3)nc(C3C=CC=CN3)c2)cc1. The van der Waals surface area contributed by atoms with E-state index >= 15 is 0 Å². The molecule has 0 bridgehead atoms. The van der Waals surface area contributed by atoms with E-state index in [1.165, 1.54) is 0 Å². The second-order valence-electron chi connectivity index (χ2n) is 5.89. The first kappa shape index (κ1) is 15.1. The summed E-state index contributed by atoms with van der Waals surface area (Å²) < 4.78 is 0. The molecule has 1 atom stereocenters. The first-order valence-corrected chi connectivity index (χ1v) is 8.18. The highest BCUT2D eigenvalue weighted by Crippen LogP contribution is 2.28. The quantitative estimate of drug-likeness (QED) is 0.711. The van der Waals surface area contributed by atoms with Gasteiger partial charge in [0, 0.05) is 11.9 Å². The average Bonchev–Trinajstić information content (AvgIpc) is 2.69.